The van der Waals surface area contributed by atoms with Crippen molar-refractivity contribution >= 4 is 23.5 Å². The van der Waals surface area contributed by atoms with Crippen LogP contribution in [0.4, 0.5) is 0 Å². The molecule has 96 valence electrons. The summed E-state index contributed by atoms with van der Waals surface area (Å²) >= 11 is 4.36. The van der Waals surface area contributed by atoms with Crippen LogP contribution in [0.25, 0.3) is 10.9 Å². The summed E-state index contributed by atoms with van der Waals surface area (Å²) in [4.78, 5) is 4.39. The van der Waals surface area contributed by atoms with Crippen molar-refractivity contribution in [1.29, 1.82) is 0 Å². The number of hydrogen-bond acceptors (Lipinski definition) is 3. The summed E-state index contributed by atoms with van der Waals surface area (Å²) in [6.07, 6.45) is 1.79. The van der Waals surface area contributed by atoms with Crippen LogP contribution in [-0.4, -0.2) is 17.3 Å². The van der Waals surface area contributed by atoms with Crippen molar-refractivity contribution in [2.75, 3.05) is 12.4 Å². The van der Waals surface area contributed by atoms with E-state index in [-0.39, 0.29) is 0 Å². The van der Waals surface area contributed by atoms with Crippen LogP contribution < -0.4 is 4.74 Å². The Bertz CT molecular complexity index is 513. The molecular formula is C15H19NOS. The summed E-state index contributed by atoms with van der Waals surface area (Å²) in [7, 11) is 0. The van der Waals surface area contributed by atoms with Crippen LogP contribution in [0.5, 0.6) is 5.75 Å². The fraction of sp³-hybridized carbons (Fsp3) is 0.400. The second kappa shape index (κ2) is 6.10. The van der Waals surface area contributed by atoms with Gasteiger partial charge in [0.25, 0.3) is 0 Å². The number of nitrogens with zero attached hydrogens (tertiary/aromatic N) is 1. The molecule has 2 aromatic rings. The maximum atomic E-state index is 5.82. The zero-order chi connectivity index (χ0) is 13.0. The lowest BCUT2D eigenvalue weighted by molar-refractivity contribution is 0.226. The van der Waals surface area contributed by atoms with E-state index >= 15 is 0 Å². The molecule has 0 amide bonds. The van der Waals surface area contributed by atoms with E-state index < -0.39 is 0 Å². The number of benzene rings is 1. The van der Waals surface area contributed by atoms with Crippen molar-refractivity contribution in [3.63, 3.8) is 0 Å². The van der Waals surface area contributed by atoms with Gasteiger partial charge in [0.05, 0.1) is 18.3 Å². The van der Waals surface area contributed by atoms with Gasteiger partial charge in [-0.15, -0.1) is 0 Å². The van der Waals surface area contributed by atoms with E-state index in [1.807, 2.05) is 30.3 Å². The monoisotopic (exact) mass is 261 g/mol. The molecule has 18 heavy (non-hydrogen) atoms. The Morgan fingerprint density at radius 1 is 1.28 bits per heavy atom. The maximum absolute atomic E-state index is 5.82. The van der Waals surface area contributed by atoms with E-state index in [0.717, 1.165) is 22.4 Å². The van der Waals surface area contributed by atoms with Crippen molar-refractivity contribution in [2.45, 2.75) is 13.8 Å². The molecule has 1 unspecified atom stereocenters. The van der Waals surface area contributed by atoms with Gasteiger partial charge < -0.3 is 4.74 Å². The summed E-state index contributed by atoms with van der Waals surface area (Å²) in [5.41, 5.74) is 0.999. The minimum absolute atomic E-state index is 0.472. The number of fused-ring (bicyclic) bond motifs is 1. The lowest BCUT2D eigenvalue weighted by Crippen LogP contribution is -2.19. The molecule has 3 heteroatoms. The van der Waals surface area contributed by atoms with E-state index in [4.69, 9.17) is 4.74 Å². The zero-order valence-electron chi connectivity index (χ0n) is 10.8. The number of hydrogen-bond donors (Lipinski definition) is 1. The number of para-hydroxylation sites is 1. The van der Waals surface area contributed by atoms with Gasteiger partial charge >= 0.3 is 0 Å². The largest absolute Gasteiger partial charge is 0.492 e. The fourth-order valence-corrected chi connectivity index (χ4v) is 2.32. The highest BCUT2D eigenvalue weighted by atomic mass is 32.1. The second-order valence-corrected chi connectivity index (χ2v) is 5.23. The number of aromatic nitrogens is 1. The van der Waals surface area contributed by atoms with Gasteiger partial charge in [-0.1, -0.05) is 32.0 Å². The highest BCUT2D eigenvalue weighted by Gasteiger charge is 2.12. The predicted molar refractivity (Wildman–Crippen MR) is 79.4 cm³/mol. The quantitative estimate of drug-likeness (QED) is 0.827. The highest BCUT2D eigenvalue weighted by Crippen LogP contribution is 2.20. The number of thiol groups is 1. The Labute approximate surface area is 114 Å². The molecule has 0 saturated heterocycles. The van der Waals surface area contributed by atoms with E-state index in [2.05, 4.69) is 31.5 Å². The smallest absolute Gasteiger partial charge is 0.138 e. The molecule has 0 aliphatic carbocycles. The van der Waals surface area contributed by atoms with Gasteiger partial charge in [-0.3, -0.25) is 4.98 Å². The first kappa shape index (κ1) is 13.2. The first-order valence-electron chi connectivity index (χ1n) is 6.29. The Kier molecular flexibility index (Phi) is 4.48. The molecule has 0 aliphatic rings. The third-order valence-corrected chi connectivity index (χ3v) is 3.68. The van der Waals surface area contributed by atoms with Crippen molar-refractivity contribution in [2.24, 2.45) is 11.8 Å². The fourth-order valence-electron chi connectivity index (χ4n) is 1.79. The standard InChI is InChI=1S/C15H19NOS/c1-11(2)13(10-18)9-17-14-7-12-5-3-4-6-15(12)16-8-14/h3-8,11,13,18H,9-10H2,1-2H3. The molecule has 1 heterocycles. The van der Waals surface area contributed by atoms with Crippen LogP contribution >= 0.6 is 12.6 Å². The normalized spacial score (nSPS) is 12.9. The first-order chi connectivity index (χ1) is 8.70. The van der Waals surface area contributed by atoms with E-state index in [1.54, 1.807) is 6.20 Å². The number of ether oxygens (including phenoxy) is 1. The van der Waals surface area contributed by atoms with Crippen LogP contribution in [0, 0.1) is 11.8 Å². The topological polar surface area (TPSA) is 22.1 Å². The Hall–Kier alpha value is -1.22. The van der Waals surface area contributed by atoms with Gasteiger partial charge in [0.2, 0.25) is 0 Å². The summed E-state index contributed by atoms with van der Waals surface area (Å²) in [6.45, 7) is 5.09. The molecule has 1 aromatic heterocycles. The van der Waals surface area contributed by atoms with Crippen molar-refractivity contribution in [3.05, 3.63) is 36.5 Å². The third-order valence-electron chi connectivity index (χ3n) is 3.21. The molecular weight excluding hydrogens is 242 g/mol. The molecule has 1 atom stereocenters. The molecule has 0 spiro atoms. The number of rotatable bonds is 5. The number of pyridine rings is 1. The lowest BCUT2D eigenvalue weighted by atomic mass is 9.99. The summed E-state index contributed by atoms with van der Waals surface area (Å²) in [6, 6.07) is 10.1. The van der Waals surface area contributed by atoms with Gasteiger partial charge in [0.15, 0.2) is 0 Å². The Balaban J connectivity index is 2.07. The lowest BCUT2D eigenvalue weighted by Gasteiger charge is -2.18. The minimum atomic E-state index is 0.472. The molecule has 0 radical (unpaired) electrons. The molecule has 0 aliphatic heterocycles. The van der Waals surface area contributed by atoms with Gasteiger partial charge in [0.1, 0.15) is 5.75 Å². The van der Waals surface area contributed by atoms with Crippen molar-refractivity contribution < 1.29 is 4.74 Å². The SMILES string of the molecule is CC(C)C(CS)COc1cnc2ccccc2c1. The molecule has 0 fully saturated rings. The van der Waals surface area contributed by atoms with Crippen LogP contribution in [0.2, 0.25) is 0 Å². The highest BCUT2D eigenvalue weighted by molar-refractivity contribution is 7.80. The van der Waals surface area contributed by atoms with E-state index in [0.29, 0.717) is 18.4 Å². The second-order valence-electron chi connectivity index (χ2n) is 4.86. The van der Waals surface area contributed by atoms with Crippen LogP contribution in [0.15, 0.2) is 36.5 Å². The van der Waals surface area contributed by atoms with Crippen LogP contribution in [0.1, 0.15) is 13.8 Å². The maximum Gasteiger partial charge on any atom is 0.138 e. The minimum Gasteiger partial charge on any atom is -0.492 e. The van der Waals surface area contributed by atoms with Gasteiger partial charge in [-0.05, 0) is 23.8 Å². The van der Waals surface area contributed by atoms with Gasteiger partial charge in [-0.2, -0.15) is 12.6 Å². The van der Waals surface area contributed by atoms with Gasteiger partial charge in [-0.25, -0.2) is 0 Å². The summed E-state index contributed by atoms with van der Waals surface area (Å²) in [5, 5.41) is 1.11. The van der Waals surface area contributed by atoms with Crippen LogP contribution in [-0.2, 0) is 0 Å². The molecule has 0 saturated carbocycles. The van der Waals surface area contributed by atoms with Gasteiger partial charge in [0, 0.05) is 11.3 Å². The van der Waals surface area contributed by atoms with Crippen LogP contribution in [0.3, 0.4) is 0 Å². The Morgan fingerprint density at radius 2 is 2.06 bits per heavy atom. The van der Waals surface area contributed by atoms with Crippen molar-refractivity contribution in [3.8, 4) is 5.75 Å². The molecule has 0 bridgehead atoms. The van der Waals surface area contributed by atoms with Crippen molar-refractivity contribution in [1.82, 2.24) is 4.98 Å². The van der Waals surface area contributed by atoms with E-state index in [9.17, 15) is 0 Å². The zero-order valence-corrected chi connectivity index (χ0v) is 11.7. The summed E-state index contributed by atoms with van der Waals surface area (Å²) < 4.78 is 5.82. The average Bonchev–Trinajstić information content (AvgIpc) is 2.39. The molecule has 1 aromatic carbocycles. The first-order valence-corrected chi connectivity index (χ1v) is 6.92. The van der Waals surface area contributed by atoms with E-state index in [1.165, 1.54) is 0 Å². The molecule has 2 rings (SSSR count). The summed E-state index contributed by atoms with van der Waals surface area (Å²) in [5.74, 6) is 2.73. The molecule has 2 nitrogen and oxygen atoms in total. The third kappa shape index (κ3) is 3.16. The predicted octanol–water partition coefficient (Wildman–Crippen LogP) is 3.82. The average molecular weight is 261 g/mol. The Morgan fingerprint density at radius 3 is 2.78 bits per heavy atom. The molecule has 0 N–H and O–H groups in total.